The van der Waals surface area contributed by atoms with Crippen molar-refractivity contribution in [1.29, 1.82) is 0 Å². The second kappa shape index (κ2) is 7.23. The summed E-state index contributed by atoms with van der Waals surface area (Å²) in [6, 6.07) is 8.94. The molecule has 124 valence electrons. The number of amides is 1. The molecule has 2 aromatic rings. The third-order valence-corrected chi connectivity index (χ3v) is 3.26. The molecule has 1 aromatic carbocycles. The Morgan fingerprint density at radius 3 is 2.65 bits per heavy atom. The minimum absolute atomic E-state index is 0.180. The van der Waals surface area contributed by atoms with E-state index in [1.165, 1.54) is 0 Å². The summed E-state index contributed by atoms with van der Waals surface area (Å²) in [6.07, 6.45) is 1.64. The number of carbonyl (C=O) groups is 1. The molecule has 0 aliphatic heterocycles. The molecular weight excluding hydrogens is 296 g/mol. The Kier molecular flexibility index (Phi) is 5.33. The molecule has 0 aliphatic carbocycles. The maximum absolute atomic E-state index is 12.1. The number of nitrogens with zero attached hydrogens (tertiary/aromatic N) is 3. The molecule has 1 N–H and O–H groups in total. The molecule has 0 aliphatic rings. The number of hydrogen-bond donors (Lipinski definition) is 1. The Morgan fingerprint density at radius 2 is 2.04 bits per heavy atom. The van der Waals surface area contributed by atoms with E-state index in [0.717, 1.165) is 0 Å². The quantitative estimate of drug-likeness (QED) is 0.819. The van der Waals surface area contributed by atoms with Crippen molar-refractivity contribution in [3.05, 3.63) is 42.1 Å². The topological polar surface area (TPSA) is 71.5 Å². The highest BCUT2D eigenvalue weighted by Gasteiger charge is 2.32. The second-order valence-electron chi connectivity index (χ2n) is 6.09. The molecule has 0 atom stereocenters. The summed E-state index contributed by atoms with van der Waals surface area (Å²) in [6.45, 7) is 7.39. The average molecular weight is 319 g/mol. The highest BCUT2D eigenvalue weighted by atomic mass is 16.5. The molecule has 0 unspecified atom stereocenters. The number of anilines is 1. The average Bonchev–Trinajstić information content (AvgIpc) is 2.95. The highest BCUT2D eigenvalue weighted by molar-refractivity contribution is 6.03. The van der Waals surface area contributed by atoms with Gasteiger partial charge in [-0.3, -0.25) is 14.6 Å². The first-order chi connectivity index (χ1) is 10.9. The molecule has 1 aromatic heterocycles. The van der Waals surface area contributed by atoms with Crippen molar-refractivity contribution < 1.29 is 18.8 Å². The van der Waals surface area contributed by atoms with Crippen molar-refractivity contribution in [3.8, 4) is 0 Å². The van der Waals surface area contributed by atoms with Crippen LogP contribution in [0.2, 0.25) is 0 Å². The Labute approximate surface area is 135 Å². The number of benzene rings is 1. The van der Waals surface area contributed by atoms with Crippen LogP contribution in [0.4, 0.5) is 5.88 Å². The molecule has 0 radical (unpaired) electrons. The van der Waals surface area contributed by atoms with Gasteiger partial charge in [-0.25, -0.2) is 0 Å². The molecule has 7 nitrogen and oxygen atoms in total. The zero-order valence-electron chi connectivity index (χ0n) is 13.9. The fourth-order valence-electron chi connectivity index (χ4n) is 2.10. The molecular formula is C16H23N4O3+. The third-order valence-electron chi connectivity index (χ3n) is 3.26. The van der Waals surface area contributed by atoms with Crippen LogP contribution < -0.4 is 15.1 Å². The summed E-state index contributed by atoms with van der Waals surface area (Å²) in [5.74, 6) is 0.0404. The monoisotopic (exact) mass is 319 g/mol. The van der Waals surface area contributed by atoms with E-state index in [2.05, 4.69) is 31.4 Å². The van der Waals surface area contributed by atoms with Gasteiger partial charge in [0.25, 0.3) is 12.1 Å². The van der Waals surface area contributed by atoms with Gasteiger partial charge in [0, 0.05) is 12.7 Å². The minimum Gasteiger partial charge on any atom is -0.383 e. The van der Waals surface area contributed by atoms with Gasteiger partial charge in [-0.1, -0.05) is 18.2 Å². The summed E-state index contributed by atoms with van der Waals surface area (Å²) in [5.41, 5.74) is 0.378. The van der Waals surface area contributed by atoms with Crippen molar-refractivity contribution >= 4 is 11.8 Å². The third kappa shape index (κ3) is 4.53. The number of methoxy groups -OCH3 is 1. The fourth-order valence-corrected chi connectivity index (χ4v) is 2.10. The Hall–Kier alpha value is -2.41. The minimum atomic E-state index is -0.242. The smallest absolute Gasteiger partial charge is 0.306 e. The number of rotatable bonds is 6. The SMILES string of the molecule is COCCN([n+]1cc(NC(=O)c2ccccc2)on1)C(C)(C)C. The van der Waals surface area contributed by atoms with Crippen LogP contribution in [-0.2, 0) is 4.74 Å². The van der Waals surface area contributed by atoms with Crippen molar-refractivity contribution in [1.82, 2.24) is 5.27 Å². The van der Waals surface area contributed by atoms with Gasteiger partial charge in [-0.15, -0.1) is 5.01 Å². The van der Waals surface area contributed by atoms with Gasteiger partial charge in [0.05, 0.1) is 23.5 Å². The van der Waals surface area contributed by atoms with E-state index in [-0.39, 0.29) is 17.3 Å². The van der Waals surface area contributed by atoms with Crippen LogP contribution in [0.3, 0.4) is 0 Å². The van der Waals surface area contributed by atoms with E-state index in [1.807, 2.05) is 23.2 Å². The van der Waals surface area contributed by atoms with E-state index in [9.17, 15) is 4.79 Å². The van der Waals surface area contributed by atoms with Gasteiger partial charge in [0.15, 0.2) is 0 Å². The summed E-state index contributed by atoms with van der Waals surface area (Å²) in [4.78, 5) is 13.7. The summed E-state index contributed by atoms with van der Waals surface area (Å²) >= 11 is 0. The van der Waals surface area contributed by atoms with Crippen molar-refractivity contribution in [2.45, 2.75) is 26.3 Å². The van der Waals surface area contributed by atoms with Gasteiger partial charge in [0.1, 0.15) is 0 Å². The van der Waals surface area contributed by atoms with Gasteiger partial charge in [-0.05, 0) is 32.9 Å². The number of hydrogen-bond acceptors (Lipinski definition) is 5. The van der Waals surface area contributed by atoms with E-state index < -0.39 is 0 Å². The van der Waals surface area contributed by atoms with Gasteiger partial charge in [-0.2, -0.15) is 0 Å². The van der Waals surface area contributed by atoms with E-state index in [1.54, 1.807) is 30.2 Å². The molecule has 0 fully saturated rings. The predicted molar refractivity (Wildman–Crippen MR) is 85.8 cm³/mol. The van der Waals surface area contributed by atoms with Crippen LogP contribution in [0.15, 0.2) is 41.1 Å². The van der Waals surface area contributed by atoms with Crippen LogP contribution in [0, 0.1) is 0 Å². The molecule has 0 bridgehead atoms. The number of ether oxygens (including phenoxy) is 1. The molecule has 2 rings (SSSR count). The molecule has 0 saturated carbocycles. The van der Waals surface area contributed by atoms with Gasteiger partial charge in [0.2, 0.25) is 5.27 Å². The fraction of sp³-hybridized carbons (Fsp3) is 0.438. The Morgan fingerprint density at radius 1 is 1.35 bits per heavy atom. The Bertz CT molecular complexity index is 634. The van der Waals surface area contributed by atoms with Crippen molar-refractivity contribution in [3.63, 3.8) is 0 Å². The molecule has 23 heavy (non-hydrogen) atoms. The maximum Gasteiger partial charge on any atom is 0.306 e. The lowest BCUT2D eigenvalue weighted by molar-refractivity contribution is -0.765. The van der Waals surface area contributed by atoms with E-state index >= 15 is 0 Å². The summed E-state index contributed by atoms with van der Waals surface area (Å²) in [7, 11) is 1.65. The van der Waals surface area contributed by atoms with Crippen LogP contribution in [0.1, 0.15) is 31.1 Å². The second-order valence-corrected chi connectivity index (χ2v) is 6.09. The van der Waals surface area contributed by atoms with Crippen LogP contribution in [0.5, 0.6) is 0 Å². The standard InChI is InChI=1S/C16H22N4O3/c1-16(2,3)19(10-11-22-4)20-12-14(23-18-20)17-15(21)13-8-6-5-7-9-13/h5-9,12H,10-11H2,1-4H3/p+1. The molecule has 0 saturated heterocycles. The summed E-state index contributed by atoms with van der Waals surface area (Å²) < 4.78 is 10.3. The molecule has 1 amide bonds. The highest BCUT2D eigenvalue weighted by Crippen LogP contribution is 2.10. The zero-order valence-corrected chi connectivity index (χ0v) is 13.9. The first-order valence-corrected chi connectivity index (χ1v) is 7.44. The lowest BCUT2D eigenvalue weighted by Crippen LogP contribution is -2.67. The number of nitrogens with one attached hydrogen (secondary N) is 1. The van der Waals surface area contributed by atoms with Gasteiger partial charge >= 0.3 is 5.88 Å². The summed E-state index contributed by atoms with van der Waals surface area (Å²) in [5, 5.41) is 8.66. The van der Waals surface area contributed by atoms with E-state index in [0.29, 0.717) is 18.7 Å². The molecule has 1 heterocycles. The molecule has 7 heteroatoms. The normalized spacial score (nSPS) is 11.3. The number of carbonyl (C=O) groups excluding carboxylic acids is 1. The zero-order chi connectivity index (χ0) is 16.9. The van der Waals surface area contributed by atoms with Crippen LogP contribution >= 0.6 is 0 Å². The number of aromatic nitrogens is 2. The van der Waals surface area contributed by atoms with Crippen LogP contribution in [0.25, 0.3) is 0 Å². The lowest BCUT2D eigenvalue weighted by Gasteiger charge is -2.27. The first kappa shape index (κ1) is 17.0. The largest absolute Gasteiger partial charge is 0.383 e. The lowest BCUT2D eigenvalue weighted by atomic mass is 10.1. The molecule has 0 spiro atoms. The van der Waals surface area contributed by atoms with Crippen LogP contribution in [-0.4, -0.2) is 37.0 Å². The van der Waals surface area contributed by atoms with Gasteiger partial charge < -0.3 is 4.74 Å². The maximum atomic E-state index is 12.1. The van der Waals surface area contributed by atoms with Crippen molar-refractivity contribution in [2.75, 3.05) is 30.6 Å². The Balaban J connectivity index is 2.11. The predicted octanol–water partition coefficient (Wildman–Crippen LogP) is 1.60. The van der Waals surface area contributed by atoms with E-state index in [4.69, 9.17) is 9.26 Å². The first-order valence-electron chi connectivity index (χ1n) is 7.44. The van der Waals surface area contributed by atoms with Crippen molar-refractivity contribution in [2.24, 2.45) is 0 Å².